The standard InChI is InChI=1S/C14H12N4/c15-13(11-7-16-9-17-8-11)12-5-1-3-10-4-2-6-18-14(10)12/h1-9,13H,15H2. The third-order valence-electron chi connectivity index (χ3n) is 2.94. The fraction of sp³-hybridized carbons (Fsp3) is 0.0714. The van der Waals surface area contributed by atoms with E-state index >= 15 is 0 Å². The lowest BCUT2D eigenvalue weighted by Gasteiger charge is -2.13. The Labute approximate surface area is 105 Å². The molecule has 4 heteroatoms. The second kappa shape index (κ2) is 4.50. The number of nitrogens with two attached hydrogens (primary N) is 1. The van der Waals surface area contributed by atoms with Crippen molar-refractivity contribution in [3.05, 3.63) is 66.4 Å². The van der Waals surface area contributed by atoms with Crippen molar-refractivity contribution in [2.75, 3.05) is 0 Å². The van der Waals surface area contributed by atoms with Crippen molar-refractivity contribution >= 4 is 10.9 Å². The van der Waals surface area contributed by atoms with E-state index in [1.165, 1.54) is 6.33 Å². The second-order valence-electron chi connectivity index (χ2n) is 4.07. The Morgan fingerprint density at radius 3 is 2.61 bits per heavy atom. The molecule has 88 valence electrons. The van der Waals surface area contributed by atoms with Crippen LogP contribution in [0.4, 0.5) is 0 Å². The number of hydrogen-bond acceptors (Lipinski definition) is 4. The number of nitrogens with zero attached hydrogens (tertiary/aromatic N) is 3. The van der Waals surface area contributed by atoms with Crippen LogP contribution in [0.1, 0.15) is 17.2 Å². The highest BCUT2D eigenvalue weighted by molar-refractivity contribution is 5.82. The summed E-state index contributed by atoms with van der Waals surface area (Å²) in [7, 11) is 0. The SMILES string of the molecule is NC(c1cncnc1)c1cccc2cccnc12. The predicted octanol–water partition coefficient (Wildman–Crippen LogP) is 2.07. The predicted molar refractivity (Wildman–Crippen MR) is 69.8 cm³/mol. The van der Waals surface area contributed by atoms with Gasteiger partial charge in [0.15, 0.2) is 0 Å². The largest absolute Gasteiger partial charge is 0.320 e. The molecule has 18 heavy (non-hydrogen) atoms. The lowest BCUT2D eigenvalue weighted by molar-refractivity contribution is 0.856. The summed E-state index contributed by atoms with van der Waals surface area (Å²) in [6.07, 6.45) is 6.75. The van der Waals surface area contributed by atoms with Gasteiger partial charge >= 0.3 is 0 Å². The van der Waals surface area contributed by atoms with Gasteiger partial charge in [0.2, 0.25) is 0 Å². The molecule has 4 nitrogen and oxygen atoms in total. The first-order chi connectivity index (χ1) is 8.86. The normalized spacial score (nSPS) is 12.5. The average Bonchev–Trinajstić information content (AvgIpc) is 2.47. The molecule has 0 amide bonds. The van der Waals surface area contributed by atoms with Gasteiger partial charge in [0.25, 0.3) is 0 Å². The van der Waals surface area contributed by atoms with E-state index in [1.54, 1.807) is 18.6 Å². The highest BCUT2D eigenvalue weighted by atomic mass is 14.8. The smallest absolute Gasteiger partial charge is 0.115 e. The molecule has 2 N–H and O–H groups in total. The minimum absolute atomic E-state index is 0.259. The summed E-state index contributed by atoms with van der Waals surface area (Å²) in [6.45, 7) is 0. The van der Waals surface area contributed by atoms with Crippen LogP contribution in [-0.4, -0.2) is 15.0 Å². The van der Waals surface area contributed by atoms with Gasteiger partial charge in [-0.3, -0.25) is 4.98 Å². The molecule has 0 bridgehead atoms. The minimum atomic E-state index is -0.259. The Balaban J connectivity index is 2.15. The Hall–Kier alpha value is -2.33. The number of aromatic nitrogens is 3. The summed E-state index contributed by atoms with van der Waals surface area (Å²) in [4.78, 5) is 12.4. The molecule has 2 aromatic heterocycles. The van der Waals surface area contributed by atoms with Gasteiger partial charge in [-0.15, -0.1) is 0 Å². The van der Waals surface area contributed by atoms with E-state index in [1.807, 2.05) is 30.3 Å². The molecule has 2 heterocycles. The van der Waals surface area contributed by atoms with Crippen molar-refractivity contribution in [3.8, 4) is 0 Å². The van der Waals surface area contributed by atoms with Crippen LogP contribution in [0.2, 0.25) is 0 Å². The molecule has 0 saturated carbocycles. The van der Waals surface area contributed by atoms with Crippen LogP contribution in [0, 0.1) is 0 Å². The lowest BCUT2D eigenvalue weighted by atomic mass is 9.99. The van der Waals surface area contributed by atoms with E-state index in [4.69, 9.17) is 5.73 Å². The molecule has 0 aliphatic heterocycles. The molecule has 0 aliphatic rings. The monoisotopic (exact) mass is 236 g/mol. The molecular weight excluding hydrogens is 224 g/mol. The topological polar surface area (TPSA) is 64.7 Å². The van der Waals surface area contributed by atoms with Crippen molar-refractivity contribution in [2.45, 2.75) is 6.04 Å². The second-order valence-corrected chi connectivity index (χ2v) is 4.07. The molecule has 1 atom stereocenters. The van der Waals surface area contributed by atoms with Crippen molar-refractivity contribution in [1.29, 1.82) is 0 Å². The zero-order chi connectivity index (χ0) is 12.4. The maximum atomic E-state index is 6.26. The summed E-state index contributed by atoms with van der Waals surface area (Å²) in [5.41, 5.74) is 9.06. The van der Waals surface area contributed by atoms with E-state index in [0.29, 0.717) is 0 Å². The average molecular weight is 236 g/mol. The molecule has 1 aromatic carbocycles. The van der Waals surface area contributed by atoms with Crippen LogP contribution in [0.5, 0.6) is 0 Å². The lowest BCUT2D eigenvalue weighted by Crippen LogP contribution is -2.13. The van der Waals surface area contributed by atoms with Crippen LogP contribution in [-0.2, 0) is 0 Å². The van der Waals surface area contributed by atoms with Gasteiger partial charge in [0.05, 0.1) is 11.6 Å². The fourth-order valence-corrected chi connectivity index (χ4v) is 2.03. The Morgan fingerprint density at radius 2 is 1.78 bits per heavy atom. The molecule has 0 aliphatic carbocycles. The zero-order valence-electron chi connectivity index (χ0n) is 9.69. The number of fused-ring (bicyclic) bond motifs is 1. The first kappa shape index (κ1) is 10.8. The van der Waals surface area contributed by atoms with Crippen LogP contribution >= 0.6 is 0 Å². The molecular formula is C14H12N4. The van der Waals surface area contributed by atoms with E-state index in [9.17, 15) is 0 Å². The quantitative estimate of drug-likeness (QED) is 0.739. The molecule has 3 aromatic rings. The van der Waals surface area contributed by atoms with Crippen LogP contribution < -0.4 is 5.73 Å². The number of rotatable bonds is 2. The fourth-order valence-electron chi connectivity index (χ4n) is 2.03. The van der Waals surface area contributed by atoms with Crippen molar-refractivity contribution in [3.63, 3.8) is 0 Å². The highest BCUT2D eigenvalue weighted by Gasteiger charge is 2.12. The molecule has 0 saturated heterocycles. The Morgan fingerprint density at radius 1 is 1.00 bits per heavy atom. The van der Waals surface area contributed by atoms with E-state index in [2.05, 4.69) is 15.0 Å². The Bertz CT molecular complexity index is 661. The Kier molecular flexibility index (Phi) is 2.70. The molecule has 0 spiro atoms. The van der Waals surface area contributed by atoms with Gasteiger partial charge < -0.3 is 5.73 Å². The maximum absolute atomic E-state index is 6.26. The third-order valence-corrected chi connectivity index (χ3v) is 2.94. The summed E-state index contributed by atoms with van der Waals surface area (Å²) in [6, 6.07) is 9.70. The number of pyridine rings is 1. The van der Waals surface area contributed by atoms with Gasteiger partial charge in [-0.1, -0.05) is 24.3 Å². The highest BCUT2D eigenvalue weighted by Crippen LogP contribution is 2.24. The first-order valence-corrected chi connectivity index (χ1v) is 5.70. The van der Waals surface area contributed by atoms with Gasteiger partial charge in [0, 0.05) is 29.5 Å². The molecule has 1 unspecified atom stereocenters. The van der Waals surface area contributed by atoms with Crippen LogP contribution in [0.3, 0.4) is 0 Å². The number of hydrogen-bond donors (Lipinski definition) is 1. The number of benzene rings is 1. The maximum Gasteiger partial charge on any atom is 0.115 e. The van der Waals surface area contributed by atoms with Crippen molar-refractivity contribution < 1.29 is 0 Å². The minimum Gasteiger partial charge on any atom is -0.320 e. The summed E-state index contributed by atoms with van der Waals surface area (Å²) < 4.78 is 0. The zero-order valence-corrected chi connectivity index (χ0v) is 9.69. The van der Waals surface area contributed by atoms with Crippen molar-refractivity contribution in [2.24, 2.45) is 5.73 Å². The van der Waals surface area contributed by atoms with Gasteiger partial charge in [-0.25, -0.2) is 9.97 Å². The van der Waals surface area contributed by atoms with Crippen LogP contribution in [0.15, 0.2) is 55.2 Å². The van der Waals surface area contributed by atoms with Gasteiger partial charge in [-0.2, -0.15) is 0 Å². The molecule has 0 fully saturated rings. The summed E-state index contributed by atoms with van der Waals surface area (Å²) in [5.74, 6) is 0. The summed E-state index contributed by atoms with van der Waals surface area (Å²) >= 11 is 0. The van der Waals surface area contributed by atoms with Crippen molar-refractivity contribution in [1.82, 2.24) is 15.0 Å². The first-order valence-electron chi connectivity index (χ1n) is 5.70. The van der Waals surface area contributed by atoms with E-state index in [0.717, 1.165) is 22.0 Å². The molecule has 0 radical (unpaired) electrons. The number of para-hydroxylation sites is 1. The molecule has 3 rings (SSSR count). The van der Waals surface area contributed by atoms with Gasteiger partial charge in [0.1, 0.15) is 6.33 Å². The van der Waals surface area contributed by atoms with Crippen LogP contribution in [0.25, 0.3) is 10.9 Å². The van der Waals surface area contributed by atoms with Gasteiger partial charge in [-0.05, 0) is 11.6 Å². The summed E-state index contributed by atoms with van der Waals surface area (Å²) in [5, 5.41) is 1.09. The van der Waals surface area contributed by atoms with E-state index < -0.39 is 0 Å². The third kappa shape index (κ3) is 1.83. The van der Waals surface area contributed by atoms with E-state index in [-0.39, 0.29) is 6.04 Å².